The molecule has 0 saturated heterocycles. The summed E-state index contributed by atoms with van der Waals surface area (Å²) in [6.45, 7) is 4.00. The number of sulfonamides is 1. The molecule has 2 aromatic rings. The number of benzene rings is 1. The van der Waals surface area contributed by atoms with Gasteiger partial charge in [0.1, 0.15) is 0 Å². The fourth-order valence-corrected chi connectivity index (χ4v) is 5.43. The summed E-state index contributed by atoms with van der Waals surface area (Å²) >= 11 is 1.18. The molecule has 120 valence electrons. The number of hydrogen-bond donors (Lipinski definition) is 2. The Morgan fingerprint density at radius 1 is 1.43 bits per heavy atom. The minimum absolute atomic E-state index is 0.261. The van der Waals surface area contributed by atoms with E-state index >= 15 is 0 Å². The number of thiazole rings is 1. The Bertz CT molecular complexity index is 897. The van der Waals surface area contributed by atoms with Crippen molar-refractivity contribution in [3.8, 4) is 6.07 Å². The van der Waals surface area contributed by atoms with Gasteiger partial charge in [-0.3, -0.25) is 0 Å². The molecule has 0 spiro atoms. The topological polar surface area (TPSA) is 94.9 Å². The van der Waals surface area contributed by atoms with Crippen molar-refractivity contribution in [2.45, 2.75) is 30.5 Å². The Morgan fingerprint density at radius 3 is 2.87 bits per heavy atom. The van der Waals surface area contributed by atoms with Gasteiger partial charge in [-0.25, -0.2) is 18.1 Å². The summed E-state index contributed by atoms with van der Waals surface area (Å²) in [5.74, 6) is 0. The third-order valence-electron chi connectivity index (χ3n) is 3.67. The smallest absolute Gasteiger partial charge is 0.252 e. The lowest BCUT2D eigenvalue weighted by Crippen LogP contribution is -2.43. The molecule has 0 amide bonds. The summed E-state index contributed by atoms with van der Waals surface area (Å²) in [5, 5.41) is 12.9. The number of fused-ring (bicyclic) bond motifs is 1. The molecule has 1 aliphatic rings. The molecule has 3 rings (SSSR count). The minimum atomic E-state index is -3.59. The van der Waals surface area contributed by atoms with E-state index in [-0.39, 0.29) is 10.3 Å². The van der Waals surface area contributed by atoms with Crippen LogP contribution < -0.4 is 10.0 Å². The van der Waals surface area contributed by atoms with E-state index < -0.39 is 10.0 Å². The molecular formula is C15H16N4O2S2. The quantitative estimate of drug-likeness (QED) is 0.884. The van der Waals surface area contributed by atoms with Crippen molar-refractivity contribution in [1.82, 2.24) is 9.71 Å². The molecule has 2 N–H and O–H groups in total. The summed E-state index contributed by atoms with van der Waals surface area (Å²) in [4.78, 5) is 4.18. The monoisotopic (exact) mass is 348 g/mol. The van der Waals surface area contributed by atoms with Gasteiger partial charge in [-0.15, -0.1) is 11.3 Å². The van der Waals surface area contributed by atoms with E-state index in [9.17, 15) is 8.42 Å². The summed E-state index contributed by atoms with van der Waals surface area (Å²) in [5.41, 5.74) is 2.99. The Labute approximate surface area is 139 Å². The van der Waals surface area contributed by atoms with Gasteiger partial charge in [-0.1, -0.05) is 0 Å². The normalized spacial score (nSPS) is 17.2. The number of aryl methyl sites for hydroxylation is 2. The molecule has 0 radical (unpaired) electrons. The summed E-state index contributed by atoms with van der Waals surface area (Å²) in [6.07, 6.45) is 0.550. The second-order valence-corrected chi connectivity index (χ2v) is 8.61. The lowest BCUT2D eigenvalue weighted by Gasteiger charge is -2.26. The lowest BCUT2D eigenvalue weighted by molar-refractivity contribution is 0.550. The molecule has 23 heavy (non-hydrogen) atoms. The minimum Gasteiger partial charge on any atom is -0.383 e. The number of hydrogen-bond acceptors (Lipinski definition) is 6. The first kappa shape index (κ1) is 15.9. The molecule has 0 saturated carbocycles. The van der Waals surface area contributed by atoms with E-state index in [4.69, 9.17) is 5.26 Å². The zero-order valence-corrected chi connectivity index (χ0v) is 14.4. The zero-order valence-electron chi connectivity index (χ0n) is 12.8. The highest BCUT2D eigenvalue weighted by Gasteiger charge is 2.27. The van der Waals surface area contributed by atoms with Crippen molar-refractivity contribution in [3.05, 3.63) is 40.0 Å². The number of nitrogens with one attached hydrogen (secondary N) is 2. The third-order valence-corrected chi connectivity index (χ3v) is 6.87. The van der Waals surface area contributed by atoms with Crippen molar-refractivity contribution in [3.63, 3.8) is 0 Å². The Balaban J connectivity index is 1.82. The van der Waals surface area contributed by atoms with Gasteiger partial charge in [-0.05, 0) is 44.0 Å². The standard InChI is InChI=1S/C15H16N4O2S2/c1-9-15(22-10(2)18-9)23(20,21)19-13-6-12-5-11(7-16)3-4-14(12)17-8-13/h3-5,13,17,19H,6,8H2,1-2H3. The van der Waals surface area contributed by atoms with Crippen LogP contribution in [0.1, 0.15) is 21.8 Å². The average molecular weight is 348 g/mol. The highest BCUT2D eigenvalue weighted by molar-refractivity contribution is 7.91. The largest absolute Gasteiger partial charge is 0.383 e. The summed E-state index contributed by atoms with van der Waals surface area (Å²) < 4.78 is 28.1. The molecular weight excluding hydrogens is 332 g/mol. The van der Waals surface area contributed by atoms with Gasteiger partial charge in [0.05, 0.1) is 22.3 Å². The van der Waals surface area contributed by atoms with Crippen LogP contribution in [0, 0.1) is 25.2 Å². The molecule has 0 aliphatic carbocycles. The van der Waals surface area contributed by atoms with E-state index in [0.29, 0.717) is 24.2 Å². The fourth-order valence-electron chi connectivity index (χ4n) is 2.69. The predicted molar refractivity (Wildman–Crippen MR) is 89.0 cm³/mol. The molecule has 1 aromatic heterocycles. The first-order valence-electron chi connectivity index (χ1n) is 7.12. The van der Waals surface area contributed by atoms with E-state index in [1.807, 2.05) is 6.07 Å². The molecule has 1 atom stereocenters. The van der Waals surface area contributed by atoms with Crippen LogP contribution >= 0.6 is 11.3 Å². The zero-order chi connectivity index (χ0) is 16.6. The van der Waals surface area contributed by atoms with Crippen LogP contribution in [0.15, 0.2) is 22.4 Å². The molecule has 1 unspecified atom stereocenters. The van der Waals surface area contributed by atoms with Crippen molar-refractivity contribution in [2.75, 3.05) is 11.9 Å². The molecule has 8 heteroatoms. The number of aromatic nitrogens is 1. The van der Waals surface area contributed by atoms with E-state index in [1.165, 1.54) is 11.3 Å². The second-order valence-electron chi connectivity index (χ2n) is 5.49. The SMILES string of the molecule is Cc1nc(C)c(S(=O)(=O)NC2CNc3ccc(C#N)cc3C2)s1. The van der Waals surface area contributed by atoms with Crippen LogP contribution in [0.2, 0.25) is 0 Å². The maximum Gasteiger partial charge on any atom is 0.252 e. The molecule has 2 heterocycles. The molecule has 1 aromatic carbocycles. The molecule has 1 aliphatic heterocycles. The maximum atomic E-state index is 12.5. The predicted octanol–water partition coefficient (Wildman–Crippen LogP) is 1.95. The maximum absolute atomic E-state index is 12.5. The summed E-state index contributed by atoms with van der Waals surface area (Å²) in [7, 11) is -3.59. The van der Waals surface area contributed by atoms with Crippen molar-refractivity contribution in [1.29, 1.82) is 5.26 Å². The highest BCUT2D eigenvalue weighted by atomic mass is 32.2. The Hall–Kier alpha value is -1.95. The molecule has 0 bridgehead atoms. The van der Waals surface area contributed by atoms with Crippen LogP contribution in [-0.4, -0.2) is 26.0 Å². The van der Waals surface area contributed by atoms with Crippen LogP contribution in [0.5, 0.6) is 0 Å². The fraction of sp³-hybridized carbons (Fsp3) is 0.333. The van der Waals surface area contributed by atoms with Gasteiger partial charge in [0.2, 0.25) is 0 Å². The Morgan fingerprint density at radius 2 is 2.22 bits per heavy atom. The first-order chi connectivity index (χ1) is 10.9. The average Bonchev–Trinajstić information content (AvgIpc) is 2.85. The third kappa shape index (κ3) is 3.22. The van der Waals surface area contributed by atoms with E-state index in [2.05, 4.69) is 21.1 Å². The number of nitrogens with zero attached hydrogens (tertiary/aromatic N) is 2. The van der Waals surface area contributed by atoms with Gasteiger partial charge in [0, 0.05) is 18.3 Å². The number of anilines is 1. The van der Waals surface area contributed by atoms with Crippen LogP contribution in [-0.2, 0) is 16.4 Å². The van der Waals surface area contributed by atoms with E-state index in [0.717, 1.165) is 16.3 Å². The van der Waals surface area contributed by atoms with Crippen molar-refractivity contribution >= 4 is 27.0 Å². The molecule has 6 nitrogen and oxygen atoms in total. The Kier molecular flexibility index (Phi) is 4.10. The molecule has 0 fully saturated rings. The number of rotatable bonds is 3. The van der Waals surface area contributed by atoms with Crippen LogP contribution in [0.25, 0.3) is 0 Å². The highest BCUT2D eigenvalue weighted by Crippen LogP contribution is 2.26. The van der Waals surface area contributed by atoms with Gasteiger partial charge in [0.25, 0.3) is 10.0 Å². The lowest BCUT2D eigenvalue weighted by atomic mass is 9.98. The van der Waals surface area contributed by atoms with Crippen LogP contribution in [0.3, 0.4) is 0 Å². The summed E-state index contributed by atoms with van der Waals surface area (Å²) in [6, 6.07) is 7.25. The number of nitriles is 1. The second kappa shape index (κ2) is 5.92. The van der Waals surface area contributed by atoms with Gasteiger partial charge >= 0.3 is 0 Å². The van der Waals surface area contributed by atoms with Gasteiger partial charge < -0.3 is 5.32 Å². The van der Waals surface area contributed by atoms with Gasteiger partial charge in [0.15, 0.2) is 4.21 Å². The van der Waals surface area contributed by atoms with Crippen molar-refractivity contribution < 1.29 is 8.42 Å². The van der Waals surface area contributed by atoms with Gasteiger partial charge in [-0.2, -0.15) is 5.26 Å². The van der Waals surface area contributed by atoms with E-state index in [1.54, 1.807) is 26.0 Å². The first-order valence-corrected chi connectivity index (χ1v) is 9.42. The van der Waals surface area contributed by atoms with Crippen molar-refractivity contribution in [2.24, 2.45) is 0 Å². The van der Waals surface area contributed by atoms with Crippen LogP contribution in [0.4, 0.5) is 5.69 Å².